The average Bonchev–Trinajstić information content (AvgIpc) is 3.25. The summed E-state index contributed by atoms with van der Waals surface area (Å²) in [6, 6.07) is 1.80. The molecule has 3 heterocycles. The number of hydrogen-bond donors (Lipinski definition) is 1. The molecule has 7 heteroatoms. The van der Waals surface area contributed by atoms with Crippen molar-refractivity contribution < 1.29 is 14.4 Å². The Hall–Kier alpha value is -2.54. The Labute approximate surface area is 169 Å². The zero-order valence-corrected chi connectivity index (χ0v) is 17.3. The normalized spacial score (nSPS) is 14.3. The van der Waals surface area contributed by atoms with Gasteiger partial charge in [0.1, 0.15) is 0 Å². The van der Waals surface area contributed by atoms with Crippen LogP contribution in [0.25, 0.3) is 0 Å². The van der Waals surface area contributed by atoms with Crippen molar-refractivity contribution in [1.29, 1.82) is 0 Å². The van der Waals surface area contributed by atoms with Gasteiger partial charge in [-0.05, 0) is 47.9 Å². The lowest BCUT2D eigenvalue weighted by Gasteiger charge is -2.30. The molecule has 0 spiro atoms. The van der Waals surface area contributed by atoms with Crippen LogP contribution in [0.2, 0.25) is 0 Å². The van der Waals surface area contributed by atoms with Gasteiger partial charge >= 0.3 is 0 Å². The van der Waals surface area contributed by atoms with Crippen molar-refractivity contribution in [2.75, 3.05) is 6.54 Å². The van der Waals surface area contributed by atoms with Gasteiger partial charge < -0.3 is 10.2 Å². The van der Waals surface area contributed by atoms with E-state index >= 15 is 0 Å². The molecular formula is C21H25N3O3S. The summed E-state index contributed by atoms with van der Waals surface area (Å²) in [6.07, 6.45) is 3.09. The highest BCUT2D eigenvalue weighted by Crippen LogP contribution is 2.24. The molecule has 0 unspecified atom stereocenters. The van der Waals surface area contributed by atoms with Gasteiger partial charge in [0.05, 0.1) is 0 Å². The SMILES string of the molecule is CC[C@H](C)C(=O)C(=O)N1CCc2c(cnc(C)c2CNC(=O)c2ccsc2)C1. The zero-order valence-electron chi connectivity index (χ0n) is 16.4. The third kappa shape index (κ3) is 4.14. The van der Waals surface area contributed by atoms with Crippen LogP contribution < -0.4 is 5.32 Å². The number of carbonyl (C=O) groups excluding carboxylic acids is 3. The summed E-state index contributed by atoms with van der Waals surface area (Å²) < 4.78 is 0. The van der Waals surface area contributed by atoms with E-state index < -0.39 is 5.91 Å². The van der Waals surface area contributed by atoms with Crippen LogP contribution in [0.5, 0.6) is 0 Å². The topological polar surface area (TPSA) is 79.4 Å². The lowest BCUT2D eigenvalue weighted by Crippen LogP contribution is -2.42. The highest BCUT2D eigenvalue weighted by molar-refractivity contribution is 7.08. The summed E-state index contributed by atoms with van der Waals surface area (Å²) in [7, 11) is 0. The minimum atomic E-state index is -0.409. The number of thiophene rings is 1. The van der Waals surface area contributed by atoms with Crippen LogP contribution in [0.15, 0.2) is 23.0 Å². The second-order valence-corrected chi connectivity index (χ2v) is 7.95. The van der Waals surface area contributed by atoms with Crippen LogP contribution in [0.3, 0.4) is 0 Å². The van der Waals surface area contributed by atoms with E-state index in [9.17, 15) is 14.4 Å². The van der Waals surface area contributed by atoms with Gasteiger partial charge in [-0.25, -0.2) is 0 Å². The number of carbonyl (C=O) groups is 3. The molecule has 1 N–H and O–H groups in total. The molecule has 2 aromatic rings. The average molecular weight is 400 g/mol. The largest absolute Gasteiger partial charge is 0.348 e. The number of nitrogens with zero attached hydrogens (tertiary/aromatic N) is 2. The highest BCUT2D eigenvalue weighted by Gasteiger charge is 2.29. The molecule has 28 heavy (non-hydrogen) atoms. The van der Waals surface area contributed by atoms with Gasteiger partial charge in [-0.1, -0.05) is 13.8 Å². The molecule has 0 aromatic carbocycles. The fourth-order valence-electron chi connectivity index (χ4n) is 3.35. The Kier molecular flexibility index (Phi) is 6.24. The van der Waals surface area contributed by atoms with E-state index in [-0.39, 0.29) is 17.6 Å². The Balaban J connectivity index is 1.74. The number of ketones is 1. The molecule has 0 aliphatic carbocycles. The van der Waals surface area contributed by atoms with Gasteiger partial charge in [0.25, 0.3) is 11.8 Å². The van der Waals surface area contributed by atoms with Gasteiger partial charge in [-0.2, -0.15) is 11.3 Å². The van der Waals surface area contributed by atoms with E-state index in [0.717, 1.165) is 22.4 Å². The number of pyridine rings is 1. The molecule has 1 aliphatic heterocycles. The smallest absolute Gasteiger partial charge is 0.290 e. The van der Waals surface area contributed by atoms with Crippen molar-refractivity contribution >= 4 is 28.9 Å². The number of Topliss-reactive ketones (excluding diaryl/α,β-unsaturated/α-hetero) is 1. The lowest BCUT2D eigenvalue weighted by atomic mass is 9.94. The molecule has 3 rings (SSSR count). The monoisotopic (exact) mass is 399 g/mol. The Morgan fingerprint density at radius 1 is 1.36 bits per heavy atom. The third-order valence-electron chi connectivity index (χ3n) is 5.36. The predicted molar refractivity (Wildman–Crippen MR) is 108 cm³/mol. The summed E-state index contributed by atoms with van der Waals surface area (Å²) in [4.78, 5) is 43.1. The van der Waals surface area contributed by atoms with Crippen molar-refractivity contribution in [2.45, 2.75) is 46.7 Å². The minimum Gasteiger partial charge on any atom is -0.348 e. The predicted octanol–water partition coefficient (Wildman–Crippen LogP) is 2.88. The van der Waals surface area contributed by atoms with E-state index in [1.807, 2.05) is 24.6 Å². The molecule has 0 saturated heterocycles. The van der Waals surface area contributed by atoms with Crippen LogP contribution in [-0.2, 0) is 29.1 Å². The van der Waals surface area contributed by atoms with Gasteiger partial charge in [-0.3, -0.25) is 19.4 Å². The van der Waals surface area contributed by atoms with Crippen molar-refractivity contribution in [3.63, 3.8) is 0 Å². The zero-order chi connectivity index (χ0) is 20.3. The lowest BCUT2D eigenvalue weighted by molar-refractivity contribution is -0.147. The highest BCUT2D eigenvalue weighted by atomic mass is 32.1. The first-order valence-corrected chi connectivity index (χ1v) is 10.5. The Morgan fingerprint density at radius 2 is 2.14 bits per heavy atom. The number of hydrogen-bond acceptors (Lipinski definition) is 5. The molecule has 0 fully saturated rings. The second-order valence-electron chi connectivity index (χ2n) is 7.17. The summed E-state index contributed by atoms with van der Waals surface area (Å²) in [5, 5.41) is 6.65. The maximum atomic E-state index is 12.5. The third-order valence-corrected chi connectivity index (χ3v) is 6.05. The van der Waals surface area contributed by atoms with E-state index in [0.29, 0.717) is 38.0 Å². The first-order chi connectivity index (χ1) is 13.4. The van der Waals surface area contributed by atoms with Crippen LogP contribution in [0, 0.1) is 12.8 Å². The number of aryl methyl sites for hydroxylation is 1. The molecule has 2 amide bonds. The van der Waals surface area contributed by atoms with Crippen LogP contribution in [-0.4, -0.2) is 34.0 Å². The van der Waals surface area contributed by atoms with Crippen LogP contribution in [0.1, 0.15) is 53.0 Å². The van der Waals surface area contributed by atoms with Crippen LogP contribution in [0.4, 0.5) is 0 Å². The fourth-order valence-corrected chi connectivity index (χ4v) is 3.98. The van der Waals surface area contributed by atoms with Crippen molar-refractivity contribution in [3.8, 4) is 0 Å². The van der Waals surface area contributed by atoms with E-state index in [4.69, 9.17) is 0 Å². The number of fused-ring (bicyclic) bond motifs is 1. The molecule has 2 aromatic heterocycles. The van der Waals surface area contributed by atoms with E-state index in [1.54, 1.807) is 24.1 Å². The summed E-state index contributed by atoms with van der Waals surface area (Å²) in [5.41, 5.74) is 4.60. The molecule has 6 nitrogen and oxygen atoms in total. The number of aromatic nitrogens is 1. The summed E-state index contributed by atoms with van der Waals surface area (Å²) in [5.74, 6) is -1.10. The molecule has 0 radical (unpaired) electrons. The number of rotatable bonds is 6. The maximum Gasteiger partial charge on any atom is 0.290 e. The number of nitrogens with one attached hydrogen (secondary N) is 1. The van der Waals surface area contributed by atoms with E-state index in [1.165, 1.54) is 11.3 Å². The van der Waals surface area contributed by atoms with Crippen molar-refractivity contribution in [1.82, 2.24) is 15.2 Å². The minimum absolute atomic E-state index is 0.106. The Bertz CT molecular complexity index is 893. The second kappa shape index (κ2) is 8.65. The first kappa shape index (κ1) is 20.2. The fraction of sp³-hybridized carbons (Fsp3) is 0.429. The molecule has 1 aliphatic rings. The Morgan fingerprint density at radius 3 is 2.82 bits per heavy atom. The van der Waals surface area contributed by atoms with Gasteiger partial charge in [0.2, 0.25) is 5.78 Å². The first-order valence-electron chi connectivity index (χ1n) is 9.52. The molecular weight excluding hydrogens is 374 g/mol. The summed E-state index contributed by atoms with van der Waals surface area (Å²) in [6.45, 7) is 6.91. The summed E-state index contributed by atoms with van der Waals surface area (Å²) >= 11 is 1.49. The number of amides is 2. The molecule has 0 saturated carbocycles. The maximum absolute atomic E-state index is 12.5. The quantitative estimate of drug-likeness (QED) is 0.758. The van der Waals surface area contributed by atoms with Gasteiger partial charge in [0, 0.05) is 48.4 Å². The van der Waals surface area contributed by atoms with Gasteiger partial charge in [0.15, 0.2) is 0 Å². The molecule has 148 valence electrons. The van der Waals surface area contributed by atoms with Crippen molar-refractivity contribution in [3.05, 3.63) is 51.0 Å². The van der Waals surface area contributed by atoms with E-state index in [2.05, 4.69) is 10.3 Å². The molecule has 0 bridgehead atoms. The van der Waals surface area contributed by atoms with Crippen LogP contribution >= 0.6 is 11.3 Å². The standard InChI is InChI=1S/C21H25N3O3S/c1-4-13(2)19(25)21(27)24-7-5-17-16(11-24)9-22-14(3)18(17)10-23-20(26)15-6-8-28-12-15/h6,8-9,12-13H,4-5,7,10-11H2,1-3H3,(H,23,26)/t13-/m0/s1. The van der Waals surface area contributed by atoms with Gasteiger partial charge in [-0.15, -0.1) is 0 Å². The molecule has 1 atom stereocenters. The van der Waals surface area contributed by atoms with Crippen molar-refractivity contribution in [2.24, 2.45) is 5.92 Å².